The molecule has 130 valence electrons. The average molecular weight is 348 g/mol. The molecule has 6 heteroatoms. The van der Waals surface area contributed by atoms with Gasteiger partial charge in [-0.1, -0.05) is 19.9 Å². The zero-order valence-corrected chi connectivity index (χ0v) is 15.2. The first-order valence-corrected chi connectivity index (χ1v) is 9.54. The largest absolute Gasteiger partial charge is 0.304 e. The summed E-state index contributed by atoms with van der Waals surface area (Å²) in [5.74, 6) is 0. The van der Waals surface area contributed by atoms with E-state index in [1.165, 1.54) is 0 Å². The maximum atomic E-state index is 11.9. The van der Waals surface area contributed by atoms with Gasteiger partial charge in [0, 0.05) is 30.1 Å². The summed E-state index contributed by atoms with van der Waals surface area (Å²) in [7, 11) is -4.31. The number of benzene rings is 1. The Morgan fingerprint density at radius 3 is 2.46 bits per heavy atom. The van der Waals surface area contributed by atoms with Gasteiger partial charge in [0.1, 0.15) is 4.90 Å². The molecule has 0 aliphatic heterocycles. The third-order valence-corrected chi connectivity index (χ3v) is 5.17. The quantitative estimate of drug-likeness (QED) is 0.778. The van der Waals surface area contributed by atoms with Crippen molar-refractivity contribution in [3.05, 3.63) is 47.8 Å². The van der Waals surface area contributed by atoms with Crippen LogP contribution in [0.5, 0.6) is 0 Å². The van der Waals surface area contributed by atoms with Gasteiger partial charge in [0.05, 0.1) is 0 Å². The van der Waals surface area contributed by atoms with E-state index in [2.05, 4.69) is 23.7 Å². The van der Waals surface area contributed by atoms with Gasteiger partial charge in [0.2, 0.25) is 0 Å². The topological polar surface area (TPSA) is 70.5 Å². The Morgan fingerprint density at radius 2 is 1.92 bits per heavy atom. The Morgan fingerprint density at radius 1 is 1.21 bits per heavy atom. The molecular weight excluding hydrogens is 324 g/mol. The van der Waals surface area contributed by atoms with Gasteiger partial charge in [-0.05, 0) is 55.8 Å². The lowest BCUT2D eigenvalue weighted by molar-refractivity contribution is 0.307. The molecule has 0 atom stereocenters. The molecule has 1 N–H and O–H groups in total. The Balaban J connectivity index is 2.47. The standard InChI is InChI=1S/C18H24N2O3S/c1-4-20(5-2)10-8-15-12-18(24(21,22)23)17(11-14(15)3)16-7-6-9-19-13-16/h6-7,9,11-13H,4-5,8,10H2,1-3H3,(H,21,22,23). The van der Waals surface area contributed by atoms with Crippen molar-refractivity contribution in [3.8, 4) is 11.1 Å². The monoisotopic (exact) mass is 348 g/mol. The fourth-order valence-corrected chi connectivity index (χ4v) is 3.52. The second-order valence-corrected chi connectivity index (χ2v) is 7.16. The van der Waals surface area contributed by atoms with E-state index in [4.69, 9.17) is 0 Å². The first-order valence-electron chi connectivity index (χ1n) is 8.10. The summed E-state index contributed by atoms with van der Waals surface area (Å²) in [6, 6.07) is 6.94. The van der Waals surface area contributed by atoms with Crippen molar-refractivity contribution >= 4 is 10.1 Å². The van der Waals surface area contributed by atoms with Crippen LogP contribution < -0.4 is 0 Å². The molecule has 1 aromatic carbocycles. The molecule has 0 amide bonds. The van der Waals surface area contributed by atoms with Gasteiger partial charge in [-0.3, -0.25) is 9.54 Å². The van der Waals surface area contributed by atoms with Crippen LogP contribution in [-0.4, -0.2) is 42.5 Å². The number of hydrogen-bond donors (Lipinski definition) is 1. The zero-order chi connectivity index (χ0) is 17.7. The van der Waals surface area contributed by atoms with E-state index in [1.54, 1.807) is 30.6 Å². The smallest absolute Gasteiger partial charge is 0.295 e. The van der Waals surface area contributed by atoms with Gasteiger partial charge < -0.3 is 4.90 Å². The van der Waals surface area contributed by atoms with Crippen molar-refractivity contribution in [3.63, 3.8) is 0 Å². The van der Waals surface area contributed by atoms with E-state index >= 15 is 0 Å². The maximum absolute atomic E-state index is 11.9. The summed E-state index contributed by atoms with van der Waals surface area (Å²) in [6.07, 6.45) is 3.96. The fraction of sp³-hybridized carbons (Fsp3) is 0.389. The molecule has 24 heavy (non-hydrogen) atoms. The lowest BCUT2D eigenvalue weighted by atomic mass is 9.99. The van der Waals surface area contributed by atoms with Gasteiger partial charge >= 0.3 is 0 Å². The number of pyridine rings is 1. The van der Waals surface area contributed by atoms with Crippen molar-refractivity contribution in [2.75, 3.05) is 19.6 Å². The molecule has 0 radical (unpaired) electrons. The third kappa shape index (κ3) is 4.41. The van der Waals surface area contributed by atoms with Gasteiger partial charge in [0.15, 0.2) is 0 Å². The lowest BCUT2D eigenvalue weighted by Gasteiger charge is -2.19. The second-order valence-electron chi connectivity index (χ2n) is 5.77. The number of nitrogens with zero attached hydrogens (tertiary/aromatic N) is 2. The van der Waals surface area contributed by atoms with Crippen LogP contribution >= 0.6 is 0 Å². The minimum Gasteiger partial charge on any atom is -0.304 e. The molecule has 0 spiro atoms. The Kier molecular flexibility index (Phi) is 6.10. The molecule has 5 nitrogen and oxygen atoms in total. The summed E-state index contributed by atoms with van der Waals surface area (Å²) in [5.41, 5.74) is 3.09. The average Bonchev–Trinajstić information content (AvgIpc) is 2.56. The predicted molar refractivity (Wildman–Crippen MR) is 95.7 cm³/mol. The SMILES string of the molecule is CCN(CC)CCc1cc(S(=O)(=O)O)c(-c2cccnc2)cc1C. The minimum atomic E-state index is -4.31. The molecule has 0 fully saturated rings. The molecule has 0 saturated heterocycles. The number of hydrogen-bond acceptors (Lipinski definition) is 4. The molecule has 2 rings (SSSR count). The van der Waals surface area contributed by atoms with E-state index in [-0.39, 0.29) is 4.90 Å². The molecule has 0 saturated carbocycles. The zero-order valence-electron chi connectivity index (χ0n) is 14.4. The van der Waals surface area contributed by atoms with Crippen LogP contribution in [0, 0.1) is 6.92 Å². The van der Waals surface area contributed by atoms with Crippen LogP contribution in [0.2, 0.25) is 0 Å². The molecular formula is C18H24N2O3S. The number of likely N-dealkylation sites (N-methyl/N-ethyl adjacent to an activating group) is 1. The summed E-state index contributed by atoms with van der Waals surface area (Å²) in [4.78, 5) is 6.25. The van der Waals surface area contributed by atoms with Crippen molar-refractivity contribution < 1.29 is 13.0 Å². The second kappa shape index (κ2) is 7.88. The maximum Gasteiger partial charge on any atom is 0.295 e. The molecule has 0 aliphatic rings. The normalized spacial score (nSPS) is 11.9. The number of aromatic nitrogens is 1. The first kappa shape index (κ1) is 18.6. The third-order valence-electron chi connectivity index (χ3n) is 4.28. The van der Waals surface area contributed by atoms with Crippen LogP contribution in [-0.2, 0) is 16.5 Å². The van der Waals surface area contributed by atoms with E-state index in [9.17, 15) is 13.0 Å². The molecule has 1 heterocycles. The molecule has 2 aromatic rings. The highest BCUT2D eigenvalue weighted by Gasteiger charge is 2.19. The van der Waals surface area contributed by atoms with Crippen molar-refractivity contribution in [2.24, 2.45) is 0 Å². The fourth-order valence-electron chi connectivity index (χ4n) is 2.78. The van der Waals surface area contributed by atoms with Crippen LogP contribution in [0.25, 0.3) is 11.1 Å². The summed E-state index contributed by atoms with van der Waals surface area (Å²) in [5, 5.41) is 0. The Hall–Kier alpha value is -1.76. The van der Waals surface area contributed by atoms with Gasteiger partial charge in [-0.2, -0.15) is 8.42 Å². The summed E-state index contributed by atoms with van der Waals surface area (Å²) >= 11 is 0. The highest BCUT2D eigenvalue weighted by atomic mass is 32.2. The van der Waals surface area contributed by atoms with Crippen LogP contribution in [0.3, 0.4) is 0 Å². The highest BCUT2D eigenvalue weighted by molar-refractivity contribution is 7.86. The van der Waals surface area contributed by atoms with E-state index < -0.39 is 10.1 Å². The minimum absolute atomic E-state index is 0.0596. The van der Waals surface area contributed by atoms with Gasteiger partial charge in [-0.15, -0.1) is 0 Å². The highest BCUT2D eigenvalue weighted by Crippen LogP contribution is 2.30. The van der Waals surface area contributed by atoms with Crippen molar-refractivity contribution in [2.45, 2.75) is 32.1 Å². The molecule has 0 unspecified atom stereocenters. The molecule has 0 bridgehead atoms. The van der Waals surface area contributed by atoms with Crippen LogP contribution in [0.4, 0.5) is 0 Å². The van der Waals surface area contributed by atoms with E-state index in [0.29, 0.717) is 11.1 Å². The Labute approximate surface area is 144 Å². The molecule has 1 aromatic heterocycles. The van der Waals surface area contributed by atoms with Crippen molar-refractivity contribution in [1.82, 2.24) is 9.88 Å². The summed E-state index contributed by atoms with van der Waals surface area (Å²) in [6.45, 7) is 8.93. The van der Waals surface area contributed by atoms with Crippen LogP contribution in [0.1, 0.15) is 25.0 Å². The number of rotatable bonds is 7. The van der Waals surface area contributed by atoms with Crippen molar-refractivity contribution in [1.29, 1.82) is 0 Å². The lowest BCUT2D eigenvalue weighted by Crippen LogP contribution is -2.25. The first-order chi connectivity index (χ1) is 11.4. The summed E-state index contributed by atoms with van der Waals surface area (Å²) < 4.78 is 33.4. The van der Waals surface area contributed by atoms with Crippen LogP contribution in [0.15, 0.2) is 41.6 Å². The van der Waals surface area contributed by atoms with Gasteiger partial charge in [-0.25, -0.2) is 0 Å². The molecule has 0 aliphatic carbocycles. The Bertz CT molecular complexity index is 785. The predicted octanol–water partition coefficient (Wildman–Crippen LogP) is 3.19. The van der Waals surface area contributed by atoms with Gasteiger partial charge in [0.25, 0.3) is 10.1 Å². The van der Waals surface area contributed by atoms with E-state index in [1.807, 2.05) is 13.0 Å². The number of aryl methyl sites for hydroxylation is 1. The van der Waals surface area contributed by atoms with E-state index in [0.717, 1.165) is 37.2 Å².